The Morgan fingerprint density at radius 1 is 1.56 bits per heavy atom. The van der Waals surface area contributed by atoms with E-state index >= 15 is 0 Å². The molecular weight excluding hydrogens is 250 g/mol. The van der Waals surface area contributed by atoms with Gasteiger partial charge in [0.15, 0.2) is 0 Å². The summed E-state index contributed by atoms with van der Waals surface area (Å²) in [4.78, 5) is 10.9. The van der Waals surface area contributed by atoms with Gasteiger partial charge < -0.3 is 5.11 Å². The van der Waals surface area contributed by atoms with Crippen molar-refractivity contribution in [1.29, 1.82) is 0 Å². The average molecular weight is 260 g/mol. The highest BCUT2D eigenvalue weighted by Gasteiger charge is 2.25. The van der Waals surface area contributed by atoms with Crippen LogP contribution in [0, 0.1) is 0 Å². The molecule has 1 atom stereocenters. The zero-order valence-corrected chi connectivity index (χ0v) is 10.1. The van der Waals surface area contributed by atoms with Crippen molar-refractivity contribution >= 4 is 34.2 Å². The molecule has 0 saturated carbocycles. The molecule has 0 bridgehead atoms. The number of carbonyl (C=O) groups is 1. The molecule has 0 spiro atoms. The van der Waals surface area contributed by atoms with Crippen LogP contribution in [-0.2, 0) is 17.4 Å². The van der Waals surface area contributed by atoms with Gasteiger partial charge in [0.05, 0.1) is 11.3 Å². The lowest BCUT2D eigenvalue weighted by atomic mass is 10.1. The lowest BCUT2D eigenvalue weighted by Gasteiger charge is -2.15. The van der Waals surface area contributed by atoms with Gasteiger partial charge in [-0.1, -0.05) is 11.6 Å². The zero-order valence-electron chi connectivity index (χ0n) is 8.57. The lowest BCUT2D eigenvalue weighted by molar-refractivity contribution is 0.0697. The van der Waals surface area contributed by atoms with E-state index in [4.69, 9.17) is 16.7 Å². The summed E-state index contributed by atoms with van der Waals surface area (Å²) in [5, 5.41) is 9.35. The standard InChI is InChI=1S/C10H10ClNO3S/c1-16(15)12-3-2-7-8(11)4-6(10(13)14)5-9(7)12/h4-5H,2-3H2,1H3,(H,13,14). The first-order valence-electron chi connectivity index (χ1n) is 4.67. The molecule has 6 heteroatoms. The summed E-state index contributed by atoms with van der Waals surface area (Å²) in [6, 6.07) is 2.96. The number of hydrogen-bond donors (Lipinski definition) is 1. The van der Waals surface area contributed by atoms with Gasteiger partial charge >= 0.3 is 5.97 Å². The largest absolute Gasteiger partial charge is 0.478 e. The molecule has 0 aliphatic carbocycles. The monoisotopic (exact) mass is 259 g/mol. The molecular formula is C10H10ClNO3S. The number of benzene rings is 1. The van der Waals surface area contributed by atoms with E-state index in [-0.39, 0.29) is 5.56 Å². The van der Waals surface area contributed by atoms with Crippen LogP contribution in [0.15, 0.2) is 12.1 Å². The molecule has 1 heterocycles. The molecule has 0 amide bonds. The van der Waals surface area contributed by atoms with E-state index in [1.807, 2.05) is 0 Å². The summed E-state index contributed by atoms with van der Waals surface area (Å²) in [7, 11) is -1.15. The van der Waals surface area contributed by atoms with Crippen molar-refractivity contribution in [3.8, 4) is 0 Å². The molecule has 1 unspecified atom stereocenters. The predicted molar refractivity (Wildman–Crippen MR) is 63.5 cm³/mol. The molecule has 16 heavy (non-hydrogen) atoms. The van der Waals surface area contributed by atoms with Crippen molar-refractivity contribution < 1.29 is 14.1 Å². The molecule has 0 fully saturated rings. The third kappa shape index (κ3) is 1.81. The van der Waals surface area contributed by atoms with Gasteiger partial charge in [0.2, 0.25) is 0 Å². The molecule has 1 aliphatic heterocycles. The Bertz CT molecular complexity index is 489. The Balaban J connectivity index is 2.56. The van der Waals surface area contributed by atoms with Crippen LogP contribution in [0.3, 0.4) is 0 Å². The lowest BCUT2D eigenvalue weighted by Crippen LogP contribution is -2.22. The van der Waals surface area contributed by atoms with E-state index in [2.05, 4.69) is 0 Å². The molecule has 4 nitrogen and oxygen atoms in total. The van der Waals surface area contributed by atoms with Crippen molar-refractivity contribution in [3.05, 3.63) is 28.3 Å². The number of hydrogen-bond acceptors (Lipinski definition) is 2. The molecule has 0 radical (unpaired) electrons. The van der Waals surface area contributed by atoms with Crippen LogP contribution in [0.1, 0.15) is 15.9 Å². The number of nitrogens with zero attached hydrogens (tertiary/aromatic N) is 1. The van der Waals surface area contributed by atoms with Crippen LogP contribution in [0.4, 0.5) is 5.69 Å². The molecule has 1 N–H and O–H groups in total. The van der Waals surface area contributed by atoms with Crippen LogP contribution < -0.4 is 4.31 Å². The van der Waals surface area contributed by atoms with Gasteiger partial charge in [-0.25, -0.2) is 9.00 Å². The Hall–Kier alpha value is -1.07. The zero-order chi connectivity index (χ0) is 11.9. The van der Waals surface area contributed by atoms with Crippen LogP contribution in [0.25, 0.3) is 0 Å². The molecule has 1 aromatic carbocycles. The molecule has 0 saturated heterocycles. The fourth-order valence-corrected chi connectivity index (χ4v) is 2.91. The first kappa shape index (κ1) is 11.4. The number of carboxylic acids is 1. The molecule has 1 aromatic rings. The van der Waals surface area contributed by atoms with Gasteiger partial charge in [0, 0.05) is 17.8 Å². The van der Waals surface area contributed by atoms with E-state index in [1.54, 1.807) is 10.6 Å². The second-order valence-corrected chi connectivity index (χ2v) is 5.23. The number of aromatic carboxylic acids is 1. The van der Waals surface area contributed by atoms with E-state index in [0.29, 0.717) is 23.7 Å². The summed E-state index contributed by atoms with van der Waals surface area (Å²) >= 11 is 6.00. The molecule has 0 aromatic heterocycles. The number of halogens is 1. The van der Waals surface area contributed by atoms with Crippen molar-refractivity contribution in [2.24, 2.45) is 0 Å². The Morgan fingerprint density at radius 3 is 2.81 bits per heavy atom. The Morgan fingerprint density at radius 2 is 2.25 bits per heavy atom. The minimum atomic E-state index is -1.15. The Kier molecular flexibility index (Phi) is 2.90. The fourth-order valence-electron chi connectivity index (χ4n) is 1.82. The second-order valence-electron chi connectivity index (χ2n) is 3.54. The van der Waals surface area contributed by atoms with E-state index in [9.17, 15) is 9.00 Å². The number of carboxylic acid groups (broad SMARTS) is 1. The predicted octanol–water partition coefficient (Wildman–Crippen LogP) is 1.69. The highest BCUT2D eigenvalue weighted by atomic mass is 35.5. The van der Waals surface area contributed by atoms with Gasteiger partial charge in [-0.2, -0.15) is 0 Å². The maximum Gasteiger partial charge on any atom is 0.335 e. The second kappa shape index (κ2) is 4.07. The van der Waals surface area contributed by atoms with E-state index in [0.717, 1.165) is 5.56 Å². The maximum atomic E-state index is 11.4. The van der Waals surface area contributed by atoms with Gasteiger partial charge in [0.25, 0.3) is 0 Å². The molecule has 1 aliphatic rings. The normalized spacial score (nSPS) is 16.0. The molecule has 86 valence electrons. The summed E-state index contributed by atoms with van der Waals surface area (Å²) in [5.41, 5.74) is 1.67. The van der Waals surface area contributed by atoms with Crippen LogP contribution >= 0.6 is 11.6 Å². The highest BCUT2D eigenvalue weighted by molar-refractivity contribution is 7.85. The minimum Gasteiger partial charge on any atom is -0.478 e. The topological polar surface area (TPSA) is 57.6 Å². The highest BCUT2D eigenvalue weighted by Crippen LogP contribution is 2.35. The van der Waals surface area contributed by atoms with Crippen LogP contribution in [-0.4, -0.2) is 28.1 Å². The Labute approximate surface area is 100 Å². The summed E-state index contributed by atoms with van der Waals surface area (Å²) in [5.74, 6) is -1.03. The summed E-state index contributed by atoms with van der Waals surface area (Å²) < 4.78 is 13.1. The van der Waals surface area contributed by atoms with Crippen molar-refractivity contribution in [1.82, 2.24) is 0 Å². The van der Waals surface area contributed by atoms with E-state index in [1.165, 1.54) is 12.1 Å². The minimum absolute atomic E-state index is 0.126. The molecule has 2 rings (SSSR count). The smallest absolute Gasteiger partial charge is 0.335 e. The fraction of sp³-hybridized carbons (Fsp3) is 0.300. The summed E-state index contributed by atoms with van der Waals surface area (Å²) in [6.07, 6.45) is 2.27. The first-order valence-corrected chi connectivity index (χ1v) is 6.57. The van der Waals surface area contributed by atoms with Gasteiger partial charge in [0.1, 0.15) is 11.0 Å². The third-order valence-electron chi connectivity index (χ3n) is 2.56. The number of anilines is 1. The van der Waals surface area contributed by atoms with Gasteiger partial charge in [-0.3, -0.25) is 4.31 Å². The average Bonchev–Trinajstić information content (AvgIpc) is 2.61. The van der Waals surface area contributed by atoms with Crippen LogP contribution in [0.2, 0.25) is 5.02 Å². The van der Waals surface area contributed by atoms with Crippen LogP contribution in [0.5, 0.6) is 0 Å². The third-order valence-corrected chi connectivity index (χ3v) is 3.90. The number of rotatable bonds is 2. The number of fused-ring (bicyclic) bond motifs is 1. The summed E-state index contributed by atoms with van der Waals surface area (Å²) in [6.45, 7) is 0.612. The van der Waals surface area contributed by atoms with Crippen molar-refractivity contribution in [2.75, 3.05) is 17.1 Å². The first-order chi connectivity index (χ1) is 7.50. The van der Waals surface area contributed by atoms with E-state index < -0.39 is 17.0 Å². The van der Waals surface area contributed by atoms with Crippen molar-refractivity contribution in [2.45, 2.75) is 6.42 Å². The van der Waals surface area contributed by atoms with Gasteiger partial charge in [-0.15, -0.1) is 0 Å². The SMILES string of the molecule is CS(=O)N1CCc2c(Cl)cc(C(=O)O)cc21. The quantitative estimate of drug-likeness (QED) is 0.879. The van der Waals surface area contributed by atoms with Crippen molar-refractivity contribution in [3.63, 3.8) is 0 Å². The maximum absolute atomic E-state index is 11.4. The van der Waals surface area contributed by atoms with Gasteiger partial charge in [-0.05, 0) is 24.1 Å².